The first kappa shape index (κ1) is 8.47. The molecule has 0 amide bonds. The van der Waals surface area contributed by atoms with Crippen molar-refractivity contribution in [3.05, 3.63) is 6.61 Å². The molecule has 0 saturated carbocycles. The summed E-state index contributed by atoms with van der Waals surface area (Å²) >= 11 is 0. The first-order valence-corrected chi connectivity index (χ1v) is 3.20. The molecular formula is C7H13O2. The van der Waals surface area contributed by atoms with E-state index in [4.69, 9.17) is 0 Å². The Morgan fingerprint density at radius 1 is 1.78 bits per heavy atom. The van der Waals surface area contributed by atoms with Crippen LogP contribution < -0.4 is 0 Å². The summed E-state index contributed by atoms with van der Waals surface area (Å²) in [6.07, 6.45) is 0.840. The van der Waals surface area contributed by atoms with Crippen molar-refractivity contribution >= 4 is 5.97 Å². The number of esters is 1. The smallest absolute Gasteiger partial charge is 0.309 e. The molecule has 0 bridgehead atoms. The van der Waals surface area contributed by atoms with Gasteiger partial charge >= 0.3 is 5.97 Å². The molecule has 0 aliphatic heterocycles. The minimum atomic E-state index is -0.139. The van der Waals surface area contributed by atoms with E-state index in [0.29, 0.717) is 0 Å². The van der Waals surface area contributed by atoms with Gasteiger partial charge in [0.15, 0.2) is 0 Å². The van der Waals surface area contributed by atoms with Crippen molar-refractivity contribution in [3.63, 3.8) is 0 Å². The second kappa shape index (κ2) is 4.36. The third-order valence-electron chi connectivity index (χ3n) is 1.25. The lowest BCUT2D eigenvalue weighted by Gasteiger charge is -2.05. The van der Waals surface area contributed by atoms with Gasteiger partial charge in [-0.1, -0.05) is 13.8 Å². The Morgan fingerprint density at radius 3 is 2.67 bits per heavy atom. The highest BCUT2D eigenvalue weighted by atomic mass is 16.5. The Kier molecular flexibility index (Phi) is 4.10. The summed E-state index contributed by atoms with van der Waals surface area (Å²) in [6, 6.07) is 0. The molecule has 0 fully saturated rings. The fourth-order valence-electron chi connectivity index (χ4n) is 0.399. The van der Waals surface area contributed by atoms with Gasteiger partial charge in [-0.15, -0.1) is 0 Å². The van der Waals surface area contributed by atoms with E-state index in [1.165, 1.54) is 6.61 Å². The van der Waals surface area contributed by atoms with Crippen LogP contribution >= 0.6 is 0 Å². The van der Waals surface area contributed by atoms with Gasteiger partial charge in [0.2, 0.25) is 0 Å². The van der Waals surface area contributed by atoms with E-state index in [1.54, 1.807) is 6.92 Å². The van der Waals surface area contributed by atoms with Crippen LogP contribution in [0.5, 0.6) is 0 Å². The van der Waals surface area contributed by atoms with Gasteiger partial charge in [0.05, 0.1) is 5.92 Å². The van der Waals surface area contributed by atoms with Crippen molar-refractivity contribution in [1.29, 1.82) is 0 Å². The predicted octanol–water partition coefficient (Wildman–Crippen LogP) is 1.76. The maximum absolute atomic E-state index is 10.7. The number of hydrogen-bond donors (Lipinski definition) is 0. The number of carbonyl (C=O) groups excluding carboxylic acids is 1. The van der Waals surface area contributed by atoms with Crippen molar-refractivity contribution in [2.45, 2.75) is 27.2 Å². The summed E-state index contributed by atoms with van der Waals surface area (Å²) in [5.74, 6) is -0.110. The largest absolute Gasteiger partial charge is 0.459 e. The van der Waals surface area contributed by atoms with Crippen molar-refractivity contribution < 1.29 is 9.53 Å². The molecule has 0 rings (SSSR count). The molecular weight excluding hydrogens is 116 g/mol. The molecule has 0 aromatic carbocycles. The number of hydrogen-bond acceptors (Lipinski definition) is 2. The number of ether oxygens (including phenoxy) is 1. The van der Waals surface area contributed by atoms with Crippen LogP contribution in [0, 0.1) is 12.5 Å². The summed E-state index contributed by atoms with van der Waals surface area (Å²) in [5, 5.41) is 0. The molecule has 2 nitrogen and oxygen atoms in total. The van der Waals surface area contributed by atoms with Gasteiger partial charge in [-0.05, 0) is 13.3 Å². The van der Waals surface area contributed by atoms with Crippen LogP contribution in [0.25, 0.3) is 0 Å². The lowest BCUT2D eigenvalue weighted by atomic mass is 10.1. The Bertz CT molecular complexity index is 88.9. The van der Waals surface area contributed by atoms with E-state index in [2.05, 4.69) is 4.74 Å². The van der Waals surface area contributed by atoms with Crippen LogP contribution in [0.2, 0.25) is 0 Å². The average Bonchev–Trinajstić information content (AvgIpc) is 1.87. The fraction of sp³-hybridized carbons (Fsp3) is 0.714. The van der Waals surface area contributed by atoms with E-state index in [1.807, 2.05) is 13.8 Å². The lowest BCUT2D eigenvalue weighted by Crippen LogP contribution is -2.11. The van der Waals surface area contributed by atoms with Gasteiger partial charge < -0.3 is 4.74 Å². The SMILES string of the molecule is C[CH]OC(=O)C(C)CC. The van der Waals surface area contributed by atoms with Crippen LogP contribution in [-0.4, -0.2) is 5.97 Å². The van der Waals surface area contributed by atoms with Crippen LogP contribution in [0.4, 0.5) is 0 Å². The Hall–Kier alpha value is -0.530. The van der Waals surface area contributed by atoms with E-state index in [0.717, 1.165) is 6.42 Å². The number of carbonyl (C=O) groups is 1. The highest BCUT2D eigenvalue weighted by Crippen LogP contribution is 2.03. The molecule has 0 aromatic rings. The first-order chi connectivity index (χ1) is 4.22. The highest BCUT2D eigenvalue weighted by Gasteiger charge is 2.09. The van der Waals surface area contributed by atoms with E-state index < -0.39 is 0 Å². The molecule has 0 saturated heterocycles. The first-order valence-electron chi connectivity index (χ1n) is 3.20. The summed E-state index contributed by atoms with van der Waals surface area (Å²) in [7, 11) is 0. The number of rotatable bonds is 3. The van der Waals surface area contributed by atoms with Gasteiger partial charge in [0, 0.05) is 0 Å². The van der Waals surface area contributed by atoms with Gasteiger partial charge in [-0.3, -0.25) is 4.79 Å². The van der Waals surface area contributed by atoms with E-state index >= 15 is 0 Å². The molecule has 1 unspecified atom stereocenters. The van der Waals surface area contributed by atoms with E-state index in [-0.39, 0.29) is 11.9 Å². The third-order valence-corrected chi connectivity index (χ3v) is 1.25. The summed E-state index contributed by atoms with van der Waals surface area (Å²) < 4.78 is 4.63. The summed E-state index contributed by atoms with van der Waals surface area (Å²) in [6.45, 7) is 6.92. The van der Waals surface area contributed by atoms with Crippen LogP contribution in [0.1, 0.15) is 27.2 Å². The van der Waals surface area contributed by atoms with Crippen molar-refractivity contribution in [2.75, 3.05) is 0 Å². The maximum Gasteiger partial charge on any atom is 0.309 e. The monoisotopic (exact) mass is 129 g/mol. The third kappa shape index (κ3) is 3.12. The minimum Gasteiger partial charge on any atom is -0.459 e. The Morgan fingerprint density at radius 2 is 2.33 bits per heavy atom. The molecule has 0 aliphatic carbocycles. The maximum atomic E-state index is 10.7. The minimum absolute atomic E-state index is 0.0289. The predicted molar refractivity (Wildman–Crippen MR) is 35.5 cm³/mol. The fourth-order valence-corrected chi connectivity index (χ4v) is 0.399. The van der Waals surface area contributed by atoms with Crippen molar-refractivity contribution in [3.8, 4) is 0 Å². The standard InChI is InChI=1S/C7H13O2/c1-4-6(3)7(8)9-5-2/h5-6H,4H2,1-3H3. The topological polar surface area (TPSA) is 26.3 Å². The van der Waals surface area contributed by atoms with Crippen molar-refractivity contribution in [2.24, 2.45) is 5.92 Å². The molecule has 0 heterocycles. The highest BCUT2D eigenvalue weighted by molar-refractivity contribution is 5.72. The Balaban J connectivity index is 3.46. The van der Waals surface area contributed by atoms with E-state index in [9.17, 15) is 4.79 Å². The molecule has 9 heavy (non-hydrogen) atoms. The average molecular weight is 129 g/mol. The van der Waals surface area contributed by atoms with Gasteiger partial charge in [-0.2, -0.15) is 0 Å². The Labute approximate surface area is 56.2 Å². The van der Waals surface area contributed by atoms with Gasteiger partial charge in [0.1, 0.15) is 6.61 Å². The molecule has 0 N–H and O–H groups in total. The lowest BCUT2D eigenvalue weighted by molar-refractivity contribution is -0.144. The normalized spacial score (nSPS) is 12.8. The molecule has 0 aromatic heterocycles. The zero-order valence-electron chi connectivity index (χ0n) is 6.18. The van der Waals surface area contributed by atoms with Gasteiger partial charge in [0.25, 0.3) is 0 Å². The van der Waals surface area contributed by atoms with Crippen LogP contribution in [0.3, 0.4) is 0 Å². The molecule has 53 valence electrons. The quantitative estimate of drug-likeness (QED) is 0.543. The second-order valence-corrected chi connectivity index (χ2v) is 1.98. The second-order valence-electron chi connectivity index (χ2n) is 1.98. The molecule has 0 aliphatic rings. The van der Waals surface area contributed by atoms with Crippen LogP contribution in [-0.2, 0) is 9.53 Å². The summed E-state index contributed by atoms with van der Waals surface area (Å²) in [4.78, 5) is 10.7. The molecule has 0 spiro atoms. The molecule has 1 radical (unpaired) electrons. The van der Waals surface area contributed by atoms with Crippen molar-refractivity contribution in [1.82, 2.24) is 0 Å². The molecule has 2 heteroatoms. The zero-order chi connectivity index (χ0) is 7.28. The summed E-state index contributed by atoms with van der Waals surface area (Å²) in [5.41, 5.74) is 0. The zero-order valence-corrected chi connectivity index (χ0v) is 6.18. The van der Waals surface area contributed by atoms with Gasteiger partial charge in [-0.25, -0.2) is 0 Å². The molecule has 1 atom stereocenters. The van der Waals surface area contributed by atoms with Crippen LogP contribution in [0.15, 0.2) is 0 Å².